The Morgan fingerprint density at radius 1 is 1.09 bits per heavy atom. The highest BCUT2D eigenvalue weighted by molar-refractivity contribution is 5.75. The van der Waals surface area contributed by atoms with Gasteiger partial charge >= 0.3 is 6.03 Å². The molecule has 0 bridgehead atoms. The average molecular weight is 317 g/mol. The molecule has 3 aliphatic heterocycles. The summed E-state index contributed by atoms with van der Waals surface area (Å²) in [6.07, 6.45) is 1.63. The highest BCUT2D eigenvalue weighted by Gasteiger charge is 2.43. The van der Waals surface area contributed by atoms with Gasteiger partial charge in [-0.3, -0.25) is 0 Å². The predicted molar refractivity (Wildman–Crippen MR) is 85.3 cm³/mol. The molecule has 3 saturated heterocycles. The van der Waals surface area contributed by atoms with E-state index in [1.807, 2.05) is 22.8 Å². The first-order valence-corrected chi connectivity index (χ1v) is 8.36. The Morgan fingerprint density at radius 2 is 1.78 bits per heavy atom. The number of fused-ring (bicyclic) bond motifs is 1. The largest absolute Gasteiger partial charge is 0.378 e. The number of carbonyl (C=O) groups is 1. The monoisotopic (exact) mass is 317 g/mol. The maximum atomic E-state index is 12.6. The van der Waals surface area contributed by atoms with Gasteiger partial charge in [0.2, 0.25) is 0 Å². The van der Waals surface area contributed by atoms with Crippen LogP contribution in [0.4, 0.5) is 10.6 Å². The molecule has 23 heavy (non-hydrogen) atoms. The molecule has 0 N–H and O–H groups in total. The van der Waals surface area contributed by atoms with E-state index >= 15 is 0 Å². The van der Waals surface area contributed by atoms with Gasteiger partial charge < -0.3 is 19.4 Å². The molecule has 4 rings (SSSR count). The van der Waals surface area contributed by atoms with Crippen LogP contribution in [0.2, 0.25) is 0 Å². The number of aryl methyl sites for hydroxylation is 1. The first-order chi connectivity index (χ1) is 11.2. The standard InChI is InChI=1S/C16H23N5O2/c1-12-6-15(18-11-17-12)20-7-13-9-21(10-14(13)8-20)16(22)19-2-4-23-5-3-19/h6,11,13-14H,2-5,7-10H2,1H3. The van der Waals surface area contributed by atoms with Crippen LogP contribution in [0.1, 0.15) is 5.69 Å². The normalized spacial score (nSPS) is 27.4. The highest BCUT2D eigenvalue weighted by atomic mass is 16.5. The van der Waals surface area contributed by atoms with Gasteiger partial charge in [-0.25, -0.2) is 14.8 Å². The van der Waals surface area contributed by atoms with Crippen LogP contribution in [0.3, 0.4) is 0 Å². The Labute approximate surface area is 136 Å². The number of aromatic nitrogens is 2. The molecule has 7 nitrogen and oxygen atoms in total. The Morgan fingerprint density at radius 3 is 2.43 bits per heavy atom. The number of anilines is 1. The van der Waals surface area contributed by atoms with Crippen molar-refractivity contribution in [1.29, 1.82) is 0 Å². The van der Waals surface area contributed by atoms with Crippen LogP contribution in [-0.4, -0.2) is 78.3 Å². The van der Waals surface area contributed by atoms with Gasteiger partial charge in [0.05, 0.1) is 13.2 Å². The first-order valence-electron chi connectivity index (χ1n) is 8.36. The third kappa shape index (κ3) is 2.85. The summed E-state index contributed by atoms with van der Waals surface area (Å²) in [5, 5.41) is 0. The zero-order valence-corrected chi connectivity index (χ0v) is 13.5. The van der Waals surface area contributed by atoms with Crippen molar-refractivity contribution in [2.24, 2.45) is 11.8 Å². The molecule has 1 aromatic heterocycles. The van der Waals surface area contributed by atoms with Gasteiger partial charge in [-0.2, -0.15) is 0 Å². The van der Waals surface area contributed by atoms with Crippen LogP contribution in [0.5, 0.6) is 0 Å². The van der Waals surface area contributed by atoms with E-state index in [1.165, 1.54) is 0 Å². The molecule has 2 amide bonds. The number of hydrogen-bond acceptors (Lipinski definition) is 5. The van der Waals surface area contributed by atoms with E-state index < -0.39 is 0 Å². The summed E-state index contributed by atoms with van der Waals surface area (Å²) in [6.45, 7) is 8.43. The van der Waals surface area contributed by atoms with E-state index in [0.717, 1.165) is 50.8 Å². The zero-order chi connectivity index (χ0) is 15.8. The van der Waals surface area contributed by atoms with Gasteiger partial charge in [0.25, 0.3) is 0 Å². The van der Waals surface area contributed by atoms with Crippen molar-refractivity contribution in [3.63, 3.8) is 0 Å². The maximum absolute atomic E-state index is 12.6. The smallest absolute Gasteiger partial charge is 0.320 e. The molecule has 0 radical (unpaired) electrons. The fourth-order valence-corrected chi connectivity index (χ4v) is 3.90. The summed E-state index contributed by atoms with van der Waals surface area (Å²) < 4.78 is 5.33. The van der Waals surface area contributed by atoms with Crippen molar-refractivity contribution in [3.8, 4) is 0 Å². The molecule has 3 aliphatic rings. The Kier molecular flexibility index (Phi) is 3.80. The Hall–Kier alpha value is -1.89. The lowest BCUT2D eigenvalue weighted by Gasteiger charge is -2.31. The number of morpholine rings is 1. The molecule has 0 aromatic carbocycles. The molecule has 0 aliphatic carbocycles. The molecule has 7 heteroatoms. The minimum Gasteiger partial charge on any atom is -0.378 e. The van der Waals surface area contributed by atoms with Crippen LogP contribution in [0.25, 0.3) is 0 Å². The van der Waals surface area contributed by atoms with Gasteiger partial charge in [0.1, 0.15) is 12.1 Å². The number of amides is 2. The van der Waals surface area contributed by atoms with Crippen LogP contribution in [0, 0.1) is 18.8 Å². The first kappa shape index (κ1) is 14.7. The summed E-state index contributed by atoms with van der Waals surface area (Å²) in [7, 11) is 0. The molecule has 2 atom stereocenters. The van der Waals surface area contributed by atoms with Crippen molar-refractivity contribution in [2.45, 2.75) is 6.92 Å². The fraction of sp³-hybridized carbons (Fsp3) is 0.688. The van der Waals surface area contributed by atoms with Gasteiger partial charge in [0, 0.05) is 62.9 Å². The van der Waals surface area contributed by atoms with Crippen LogP contribution >= 0.6 is 0 Å². The molecule has 3 fully saturated rings. The number of ether oxygens (including phenoxy) is 1. The van der Waals surface area contributed by atoms with Gasteiger partial charge in [0.15, 0.2) is 0 Å². The van der Waals surface area contributed by atoms with Crippen molar-refractivity contribution < 1.29 is 9.53 Å². The van der Waals surface area contributed by atoms with E-state index in [0.29, 0.717) is 25.0 Å². The Bertz CT molecular complexity index is 576. The van der Waals surface area contributed by atoms with E-state index in [2.05, 4.69) is 14.9 Å². The summed E-state index contributed by atoms with van der Waals surface area (Å²) in [5.41, 5.74) is 0.996. The van der Waals surface area contributed by atoms with E-state index in [4.69, 9.17) is 4.74 Å². The fourth-order valence-electron chi connectivity index (χ4n) is 3.90. The average Bonchev–Trinajstić information content (AvgIpc) is 3.14. The molecular formula is C16H23N5O2. The molecule has 2 unspecified atom stereocenters. The molecule has 0 spiro atoms. The molecule has 0 saturated carbocycles. The SMILES string of the molecule is Cc1cc(N2CC3CN(C(=O)N4CCOCC4)CC3C2)ncn1. The van der Waals surface area contributed by atoms with Crippen LogP contribution < -0.4 is 4.90 Å². The molecule has 1 aromatic rings. The van der Waals surface area contributed by atoms with Crippen molar-refractivity contribution in [1.82, 2.24) is 19.8 Å². The van der Waals surface area contributed by atoms with Crippen LogP contribution in [-0.2, 0) is 4.74 Å². The third-order valence-electron chi connectivity index (χ3n) is 5.15. The summed E-state index contributed by atoms with van der Waals surface area (Å²) in [4.78, 5) is 27.4. The van der Waals surface area contributed by atoms with Gasteiger partial charge in [-0.05, 0) is 6.92 Å². The number of urea groups is 1. The van der Waals surface area contributed by atoms with Crippen molar-refractivity contribution in [2.75, 3.05) is 57.4 Å². The lowest BCUT2D eigenvalue weighted by molar-refractivity contribution is 0.0447. The van der Waals surface area contributed by atoms with E-state index in [-0.39, 0.29) is 6.03 Å². The number of rotatable bonds is 1. The quantitative estimate of drug-likeness (QED) is 0.759. The van der Waals surface area contributed by atoms with Gasteiger partial charge in [-0.15, -0.1) is 0 Å². The minimum absolute atomic E-state index is 0.187. The Balaban J connectivity index is 1.37. The van der Waals surface area contributed by atoms with Crippen molar-refractivity contribution >= 4 is 11.8 Å². The number of likely N-dealkylation sites (tertiary alicyclic amines) is 1. The van der Waals surface area contributed by atoms with Gasteiger partial charge in [-0.1, -0.05) is 0 Å². The van der Waals surface area contributed by atoms with E-state index in [1.54, 1.807) is 6.33 Å². The second-order valence-electron chi connectivity index (χ2n) is 6.73. The predicted octanol–water partition coefficient (Wildman–Crippen LogP) is 0.605. The zero-order valence-electron chi connectivity index (χ0n) is 13.5. The summed E-state index contributed by atoms with van der Waals surface area (Å²) in [6, 6.07) is 2.23. The summed E-state index contributed by atoms with van der Waals surface area (Å²) >= 11 is 0. The third-order valence-corrected chi connectivity index (χ3v) is 5.15. The molecular weight excluding hydrogens is 294 g/mol. The minimum atomic E-state index is 0.187. The number of hydrogen-bond donors (Lipinski definition) is 0. The molecule has 4 heterocycles. The number of nitrogens with zero attached hydrogens (tertiary/aromatic N) is 5. The van der Waals surface area contributed by atoms with Crippen molar-refractivity contribution in [3.05, 3.63) is 18.1 Å². The topological polar surface area (TPSA) is 61.8 Å². The summed E-state index contributed by atoms with van der Waals surface area (Å²) in [5.74, 6) is 2.11. The molecule has 124 valence electrons. The second kappa shape index (κ2) is 5.96. The van der Waals surface area contributed by atoms with E-state index in [9.17, 15) is 4.79 Å². The lowest BCUT2D eigenvalue weighted by atomic mass is 10.0. The lowest BCUT2D eigenvalue weighted by Crippen LogP contribution is -2.48. The number of carbonyl (C=O) groups excluding carboxylic acids is 1. The second-order valence-corrected chi connectivity index (χ2v) is 6.73. The highest BCUT2D eigenvalue weighted by Crippen LogP contribution is 2.33. The van der Waals surface area contributed by atoms with Crippen LogP contribution in [0.15, 0.2) is 12.4 Å². The maximum Gasteiger partial charge on any atom is 0.320 e.